The van der Waals surface area contributed by atoms with Gasteiger partial charge >= 0.3 is 5.97 Å². The maximum atomic E-state index is 13.4. The van der Waals surface area contributed by atoms with Crippen molar-refractivity contribution in [1.82, 2.24) is 8.96 Å². The van der Waals surface area contributed by atoms with Crippen LogP contribution >= 0.6 is 0 Å². The lowest BCUT2D eigenvalue weighted by Gasteiger charge is -2.12. The first-order valence-electron chi connectivity index (χ1n) is 8.48. The molecular formula is C21H16N2O4S. The molecule has 0 N–H and O–H groups in total. The van der Waals surface area contributed by atoms with Crippen LogP contribution < -0.4 is 0 Å². The first kappa shape index (κ1) is 17.9. The normalized spacial score (nSPS) is 11.5. The molecule has 0 saturated heterocycles. The fourth-order valence-electron chi connectivity index (χ4n) is 3.05. The van der Waals surface area contributed by atoms with E-state index in [1.165, 1.54) is 17.3 Å². The average molecular weight is 392 g/mol. The highest BCUT2D eigenvalue weighted by atomic mass is 32.2. The van der Waals surface area contributed by atoms with Crippen molar-refractivity contribution in [3.8, 4) is 11.4 Å². The predicted octanol–water partition coefficient (Wildman–Crippen LogP) is 3.73. The number of carbonyl (C=O) groups is 1. The summed E-state index contributed by atoms with van der Waals surface area (Å²) in [5.74, 6) is -0.503. The van der Waals surface area contributed by atoms with Gasteiger partial charge in [-0.05, 0) is 36.4 Å². The number of pyridine rings is 1. The highest BCUT2D eigenvalue weighted by Crippen LogP contribution is 2.31. The van der Waals surface area contributed by atoms with Crippen LogP contribution in [0.5, 0.6) is 0 Å². The summed E-state index contributed by atoms with van der Waals surface area (Å²) in [7, 11) is -2.55. The molecule has 4 aromatic rings. The van der Waals surface area contributed by atoms with Gasteiger partial charge in [0.1, 0.15) is 0 Å². The number of benzene rings is 2. The number of para-hydroxylation sites is 1. The summed E-state index contributed by atoms with van der Waals surface area (Å²) in [6, 6.07) is 20.4. The van der Waals surface area contributed by atoms with Crippen LogP contribution in [0.1, 0.15) is 10.4 Å². The van der Waals surface area contributed by atoms with Crippen molar-refractivity contribution in [2.24, 2.45) is 0 Å². The van der Waals surface area contributed by atoms with Gasteiger partial charge in [-0.25, -0.2) is 17.2 Å². The van der Waals surface area contributed by atoms with Gasteiger partial charge in [-0.1, -0.05) is 36.4 Å². The van der Waals surface area contributed by atoms with Gasteiger partial charge in [0, 0.05) is 11.6 Å². The van der Waals surface area contributed by atoms with E-state index in [4.69, 9.17) is 0 Å². The molecule has 7 heteroatoms. The minimum absolute atomic E-state index is 0.184. The average Bonchev–Trinajstić information content (AvgIpc) is 3.14. The molecule has 0 fully saturated rings. The summed E-state index contributed by atoms with van der Waals surface area (Å²) in [6.07, 6.45) is 1.37. The number of nitrogens with zero attached hydrogens (tertiary/aromatic N) is 2. The van der Waals surface area contributed by atoms with Crippen LogP contribution in [0.2, 0.25) is 0 Å². The highest BCUT2D eigenvalue weighted by molar-refractivity contribution is 7.90. The topological polar surface area (TPSA) is 78.3 Å². The van der Waals surface area contributed by atoms with Gasteiger partial charge in [0.05, 0.1) is 34.5 Å². The molecule has 0 spiro atoms. The summed E-state index contributed by atoms with van der Waals surface area (Å²) in [6.45, 7) is 0. The van der Waals surface area contributed by atoms with E-state index in [1.807, 2.05) is 12.1 Å². The van der Waals surface area contributed by atoms with E-state index in [9.17, 15) is 13.2 Å². The molecule has 0 aliphatic carbocycles. The zero-order chi connectivity index (χ0) is 19.7. The second kappa shape index (κ2) is 6.94. The Labute approximate surface area is 162 Å². The Morgan fingerprint density at radius 2 is 1.68 bits per heavy atom. The van der Waals surface area contributed by atoms with Crippen LogP contribution in [0.15, 0.2) is 83.9 Å². The van der Waals surface area contributed by atoms with Gasteiger partial charge in [0.25, 0.3) is 10.0 Å². The number of methoxy groups -OCH3 is 1. The first-order valence-corrected chi connectivity index (χ1v) is 9.92. The smallest absolute Gasteiger partial charge is 0.339 e. The van der Waals surface area contributed by atoms with E-state index in [1.54, 1.807) is 60.7 Å². The molecule has 140 valence electrons. The number of ether oxygens (including phenoxy) is 1. The summed E-state index contributed by atoms with van der Waals surface area (Å²) >= 11 is 0. The third kappa shape index (κ3) is 2.95. The maximum absolute atomic E-state index is 13.4. The predicted molar refractivity (Wildman–Crippen MR) is 106 cm³/mol. The molecule has 0 aliphatic heterocycles. The number of hydrogen-bond acceptors (Lipinski definition) is 5. The molecule has 2 aromatic carbocycles. The molecule has 2 aromatic heterocycles. The first-order chi connectivity index (χ1) is 13.5. The molecule has 2 heterocycles. The van der Waals surface area contributed by atoms with Crippen LogP contribution in [0, 0.1) is 0 Å². The van der Waals surface area contributed by atoms with Gasteiger partial charge in [0.15, 0.2) is 0 Å². The minimum atomic E-state index is -3.85. The highest BCUT2D eigenvalue weighted by Gasteiger charge is 2.24. The second-order valence-corrected chi connectivity index (χ2v) is 7.88. The zero-order valence-electron chi connectivity index (χ0n) is 14.9. The van der Waals surface area contributed by atoms with Crippen LogP contribution in [0.25, 0.3) is 22.3 Å². The summed E-state index contributed by atoms with van der Waals surface area (Å²) in [4.78, 5) is 16.1. The van der Waals surface area contributed by atoms with Crippen LogP contribution in [-0.4, -0.2) is 30.5 Å². The largest absolute Gasteiger partial charge is 0.465 e. The molecule has 0 atom stereocenters. The van der Waals surface area contributed by atoms with Crippen LogP contribution in [0.3, 0.4) is 0 Å². The summed E-state index contributed by atoms with van der Waals surface area (Å²) in [5, 5.41) is 0.774. The molecule has 6 nitrogen and oxygen atoms in total. The lowest BCUT2D eigenvalue weighted by Crippen LogP contribution is -2.14. The Morgan fingerprint density at radius 3 is 2.36 bits per heavy atom. The second-order valence-electron chi connectivity index (χ2n) is 6.09. The third-order valence-corrected chi connectivity index (χ3v) is 6.14. The number of carbonyl (C=O) groups excluding carboxylic acids is 1. The number of aromatic nitrogens is 2. The van der Waals surface area contributed by atoms with Crippen molar-refractivity contribution in [2.75, 3.05) is 7.11 Å². The fourth-order valence-corrected chi connectivity index (χ4v) is 4.59. The van der Waals surface area contributed by atoms with Gasteiger partial charge in [0.2, 0.25) is 0 Å². The van der Waals surface area contributed by atoms with E-state index in [2.05, 4.69) is 9.72 Å². The molecular weight excluding hydrogens is 376 g/mol. The van der Waals surface area contributed by atoms with E-state index >= 15 is 0 Å². The molecule has 0 bridgehead atoms. The summed E-state index contributed by atoms with van der Waals surface area (Å²) < 4.78 is 32.7. The van der Waals surface area contributed by atoms with Gasteiger partial charge in [-0.3, -0.25) is 4.98 Å². The molecule has 0 unspecified atom stereocenters. The molecule has 0 aliphatic rings. The number of rotatable bonds is 4. The monoisotopic (exact) mass is 392 g/mol. The van der Waals surface area contributed by atoms with Gasteiger partial charge in [-0.15, -0.1) is 0 Å². The van der Waals surface area contributed by atoms with Crippen molar-refractivity contribution in [2.45, 2.75) is 4.90 Å². The van der Waals surface area contributed by atoms with Crippen molar-refractivity contribution >= 4 is 26.9 Å². The van der Waals surface area contributed by atoms with Crippen molar-refractivity contribution in [3.63, 3.8) is 0 Å². The van der Waals surface area contributed by atoms with Gasteiger partial charge < -0.3 is 4.74 Å². The summed E-state index contributed by atoms with van der Waals surface area (Å²) in [5.41, 5.74) is 1.70. The number of hydrogen-bond donors (Lipinski definition) is 0. The Kier molecular flexibility index (Phi) is 4.44. The van der Waals surface area contributed by atoms with E-state index in [-0.39, 0.29) is 4.90 Å². The molecule has 0 radical (unpaired) electrons. The fraction of sp³-hybridized carbons (Fsp3) is 0.0476. The maximum Gasteiger partial charge on any atom is 0.339 e. The quantitative estimate of drug-likeness (QED) is 0.495. The van der Waals surface area contributed by atoms with Crippen LogP contribution in [-0.2, 0) is 14.8 Å². The molecule has 0 saturated carbocycles. The third-order valence-electron chi connectivity index (χ3n) is 4.40. The number of esters is 1. The van der Waals surface area contributed by atoms with Crippen molar-refractivity contribution < 1.29 is 17.9 Å². The SMILES string of the molecule is COC(=O)c1ccc(-c2cc3ccccc3n2S(=O)(=O)c2ccccc2)nc1. The van der Waals surface area contributed by atoms with Crippen molar-refractivity contribution in [1.29, 1.82) is 0 Å². The molecule has 0 amide bonds. The van der Waals surface area contributed by atoms with Crippen LogP contribution in [0.4, 0.5) is 0 Å². The lowest BCUT2D eigenvalue weighted by atomic mass is 10.2. The Morgan fingerprint density at radius 1 is 0.964 bits per heavy atom. The van der Waals surface area contributed by atoms with Crippen molar-refractivity contribution in [3.05, 3.63) is 84.6 Å². The Balaban J connectivity index is 1.95. The van der Waals surface area contributed by atoms with E-state index < -0.39 is 16.0 Å². The molecule has 4 rings (SSSR count). The lowest BCUT2D eigenvalue weighted by molar-refractivity contribution is 0.0600. The zero-order valence-corrected chi connectivity index (χ0v) is 15.8. The number of fused-ring (bicyclic) bond motifs is 1. The Hall–Kier alpha value is -3.45. The minimum Gasteiger partial charge on any atom is -0.465 e. The molecule has 28 heavy (non-hydrogen) atoms. The Bertz CT molecular complexity index is 1260. The van der Waals surface area contributed by atoms with E-state index in [0.717, 1.165) is 5.39 Å². The standard InChI is InChI=1S/C21H16N2O4S/c1-27-21(24)16-11-12-18(22-14-16)20-13-15-7-5-6-10-19(15)23(20)28(25,26)17-8-3-2-4-9-17/h2-14H,1H3. The van der Waals surface area contributed by atoms with Gasteiger partial charge in [-0.2, -0.15) is 0 Å². The van der Waals surface area contributed by atoms with E-state index in [0.29, 0.717) is 22.5 Å².